The van der Waals surface area contributed by atoms with E-state index in [1.807, 2.05) is 13.8 Å². The van der Waals surface area contributed by atoms with Gasteiger partial charge in [0.05, 0.1) is 17.4 Å². The molecule has 1 saturated carbocycles. The number of amides is 2. The monoisotopic (exact) mass is 355 g/mol. The summed E-state index contributed by atoms with van der Waals surface area (Å²) >= 11 is 2.90. The molecule has 0 spiro atoms. The number of carbonyl (C=O) groups excluding carboxylic acids is 2. The number of hydrogen-bond acceptors (Lipinski definition) is 5. The van der Waals surface area contributed by atoms with Crippen molar-refractivity contribution in [3.8, 4) is 0 Å². The number of primary amides is 1. The number of nitrogens with two attached hydrogens (primary N) is 1. The predicted molar refractivity (Wildman–Crippen MR) is 94.7 cm³/mol. The van der Waals surface area contributed by atoms with Crippen LogP contribution in [0.25, 0.3) is 0 Å². The molecule has 1 unspecified atom stereocenters. The van der Waals surface area contributed by atoms with Gasteiger partial charge in [-0.1, -0.05) is 37.4 Å². The van der Waals surface area contributed by atoms with Crippen LogP contribution in [0.2, 0.25) is 0 Å². The van der Waals surface area contributed by atoms with Crippen molar-refractivity contribution in [1.29, 1.82) is 0 Å². The third kappa shape index (κ3) is 5.80. The summed E-state index contributed by atoms with van der Waals surface area (Å²) in [6.07, 6.45) is 7.34. The Hall–Kier alpha value is -1.08. The van der Waals surface area contributed by atoms with Gasteiger partial charge in [0.2, 0.25) is 11.8 Å². The van der Waals surface area contributed by atoms with E-state index in [0.717, 1.165) is 27.8 Å². The van der Waals surface area contributed by atoms with Crippen molar-refractivity contribution in [2.45, 2.75) is 74.4 Å². The molecule has 7 heteroatoms. The van der Waals surface area contributed by atoms with Crippen molar-refractivity contribution in [3.05, 3.63) is 10.6 Å². The average molecular weight is 356 g/mol. The number of thiazole rings is 1. The first-order chi connectivity index (χ1) is 11.0. The molecule has 0 bridgehead atoms. The molecule has 5 nitrogen and oxygen atoms in total. The fraction of sp³-hybridized carbons (Fsp3) is 0.688. The second-order valence-corrected chi connectivity index (χ2v) is 8.76. The van der Waals surface area contributed by atoms with Crippen LogP contribution in [0.15, 0.2) is 4.34 Å². The van der Waals surface area contributed by atoms with Crippen LogP contribution < -0.4 is 11.1 Å². The zero-order valence-electron chi connectivity index (χ0n) is 13.8. The van der Waals surface area contributed by atoms with Gasteiger partial charge in [-0.25, -0.2) is 4.98 Å². The first-order valence-corrected chi connectivity index (χ1v) is 9.87. The van der Waals surface area contributed by atoms with Crippen LogP contribution in [0.4, 0.5) is 0 Å². The van der Waals surface area contributed by atoms with Gasteiger partial charge in [-0.3, -0.25) is 9.59 Å². The molecule has 23 heavy (non-hydrogen) atoms. The van der Waals surface area contributed by atoms with Gasteiger partial charge in [-0.15, -0.1) is 11.3 Å². The first kappa shape index (κ1) is 18.3. The predicted octanol–water partition coefficient (Wildman–Crippen LogP) is 2.80. The van der Waals surface area contributed by atoms with Gasteiger partial charge < -0.3 is 11.1 Å². The molecular weight excluding hydrogens is 330 g/mol. The van der Waals surface area contributed by atoms with E-state index in [9.17, 15) is 9.59 Å². The van der Waals surface area contributed by atoms with Crippen LogP contribution in [0, 0.1) is 6.92 Å². The van der Waals surface area contributed by atoms with Crippen molar-refractivity contribution in [1.82, 2.24) is 10.3 Å². The third-order valence-corrected chi connectivity index (χ3v) is 6.41. The third-order valence-electron chi connectivity index (χ3n) is 4.06. The Morgan fingerprint density at radius 3 is 2.61 bits per heavy atom. The Bertz CT molecular complexity index is 552. The molecule has 0 aromatic carbocycles. The first-order valence-electron chi connectivity index (χ1n) is 8.17. The standard InChI is InChI=1S/C16H25N3O2S2/c1-10-13(9-14(17)20)23-16(18-10)22-11(2)15(21)19-12-7-5-3-4-6-8-12/h11-12H,3-9H2,1-2H3,(H2,17,20)(H,19,21). The SMILES string of the molecule is Cc1nc(SC(C)C(=O)NC2CCCCCC2)sc1CC(N)=O. The van der Waals surface area contributed by atoms with Crippen molar-refractivity contribution in [2.24, 2.45) is 5.73 Å². The summed E-state index contributed by atoms with van der Waals surface area (Å²) in [5.41, 5.74) is 6.06. The molecule has 1 atom stereocenters. The molecule has 2 rings (SSSR count). The fourth-order valence-electron chi connectivity index (χ4n) is 2.72. The van der Waals surface area contributed by atoms with E-state index < -0.39 is 0 Å². The van der Waals surface area contributed by atoms with Gasteiger partial charge in [0.1, 0.15) is 0 Å². The fourth-order valence-corrected chi connectivity index (χ4v) is 5.12. The molecule has 1 aliphatic rings. The second kappa shape index (κ2) is 8.68. The number of rotatable bonds is 6. The maximum Gasteiger partial charge on any atom is 0.233 e. The van der Waals surface area contributed by atoms with Crippen molar-refractivity contribution in [2.75, 3.05) is 0 Å². The zero-order valence-corrected chi connectivity index (χ0v) is 15.4. The minimum atomic E-state index is -0.354. The van der Waals surface area contributed by atoms with Crippen LogP contribution >= 0.6 is 23.1 Å². The minimum Gasteiger partial charge on any atom is -0.369 e. The lowest BCUT2D eigenvalue weighted by Crippen LogP contribution is -2.39. The topological polar surface area (TPSA) is 85.1 Å². The number of nitrogens with one attached hydrogen (secondary N) is 1. The van der Waals surface area contributed by atoms with E-state index in [1.54, 1.807) is 0 Å². The molecule has 0 aliphatic heterocycles. The Morgan fingerprint density at radius 2 is 2.00 bits per heavy atom. The summed E-state index contributed by atoms with van der Waals surface area (Å²) in [4.78, 5) is 28.7. The summed E-state index contributed by atoms with van der Waals surface area (Å²) in [5.74, 6) is -0.279. The van der Waals surface area contributed by atoms with E-state index in [0.29, 0.717) is 6.04 Å². The Labute approximate surface area is 145 Å². The quantitative estimate of drug-likeness (QED) is 0.607. The zero-order chi connectivity index (χ0) is 16.8. The van der Waals surface area contributed by atoms with Gasteiger partial charge >= 0.3 is 0 Å². The minimum absolute atomic E-state index is 0.0752. The van der Waals surface area contributed by atoms with E-state index in [-0.39, 0.29) is 23.5 Å². The molecular formula is C16H25N3O2S2. The number of carbonyl (C=O) groups is 2. The lowest BCUT2D eigenvalue weighted by Gasteiger charge is -2.18. The molecule has 1 heterocycles. The van der Waals surface area contributed by atoms with E-state index in [4.69, 9.17) is 5.73 Å². The molecule has 2 amide bonds. The maximum absolute atomic E-state index is 12.4. The molecule has 3 N–H and O–H groups in total. The van der Waals surface area contributed by atoms with Gasteiger partial charge in [0.25, 0.3) is 0 Å². The highest BCUT2D eigenvalue weighted by molar-refractivity contribution is 8.02. The van der Waals surface area contributed by atoms with Crippen LogP contribution in [0.1, 0.15) is 56.0 Å². The number of thioether (sulfide) groups is 1. The summed E-state index contributed by atoms with van der Waals surface area (Å²) in [6, 6.07) is 0.316. The molecule has 0 saturated heterocycles. The summed E-state index contributed by atoms with van der Waals surface area (Å²) < 4.78 is 0.822. The molecule has 1 fully saturated rings. The number of hydrogen-bond donors (Lipinski definition) is 2. The molecule has 1 aliphatic carbocycles. The highest BCUT2D eigenvalue weighted by atomic mass is 32.2. The summed E-state index contributed by atoms with van der Waals surface area (Å²) in [6.45, 7) is 3.77. The van der Waals surface area contributed by atoms with Gasteiger partial charge in [-0.05, 0) is 26.7 Å². The van der Waals surface area contributed by atoms with Crippen LogP contribution in [0.5, 0.6) is 0 Å². The summed E-state index contributed by atoms with van der Waals surface area (Å²) in [7, 11) is 0. The van der Waals surface area contributed by atoms with Gasteiger partial charge in [0, 0.05) is 10.9 Å². The van der Waals surface area contributed by atoms with E-state index in [1.165, 1.54) is 48.8 Å². The highest BCUT2D eigenvalue weighted by Gasteiger charge is 2.21. The Balaban J connectivity index is 1.88. The maximum atomic E-state index is 12.4. The molecule has 0 radical (unpaired) electrons. The van der Waals surface area contributed by atoms with Gasteiger partial charge in [0.15, 0.2) is 4.34 Å². The largest absolute Gasteiger partial charge is 0.369 e. The summed E-state index contributed by atoms with van der Waals surface area (Å²) in [5, 5.41) is 2.99. The van der Waals surface area contributed by atoms with Crippen LogP contribution in [0.3, 0.4) is 0 Å². The average Bonchev–Trinajstić information content (AvgIpc) is 2.67. The smallest absolute Gasteiger partial charge is 0.233 e. The van der Waals surface area contributed by atoms with Crippen molar-refractivity contribution in [3.63, 3.8) is 0 Å². The number of nitrogens with zero attached hydrogens (tertiary/aromatic N) is 1. The second-order valence-electron chi connectivity index (χ2n) is 6.09. The van der Waals surface area contributed by atoms with E-state index >= 15 is 0 Å². The van der Waals surface area contributed by atoms with E-state index in [2.05, 4.69) is 10.3 Å². The normalized spacial score (nSPS) is 17.5. The van der Waals surface area contributed by atoms with Crippen LogP contribution in [-0.2, 0) is 16.0 Å². The molecule has 128 valence electrons. The highest BCUT2D eigenvalue weighted by Crippen LogP contribution is 2.30. The van der Waals surface area contributed by atoms with Crippen LogP contribution in [-0.4, -0.2) is 28.1 Å². The lowest BCUT2D eigenvalue weighted by molar-refractivity contribution is -0.121. The Kier molecular flexibility index (Phi) is 6.89. The molecule has 1 aromatic heterocycles. The van der Waals surface area contributed by atoms with Crippen molar-refractivity contribution < 1.29 is 9.59 Å². The van der Waals surface area contributed by atoms with Gasteiger partial charge in [-0.2, -0.15) is 0 Å². The Morgan fingerprint density at radius 1 is 1.35 bits per heavy atom. The number of aryl methyl sites for hydroxylation is 1. The number of aromatic nitrogens is 1. The van der Waals surface area contributed by atoms with Crippen molar-refractivity contribution >= 4 is 34.9 Å². The lowest BCUT2D eigenvalue weighted by atomic mass is 10.1. The molecule has 1 aromatic rings.